The van der Waals surface area contributed by atoms with Crippen molar-refractivity contribution in [2.24, 2.45) is 0 Å². The number of likely N-dealkylation sites (N-methyl/N-ethyl adjacent to an activating group) is 1. The highest BCUT2D eigenvalue weighted by Gasteiger charge is 2.11. The van der Waals surface area contributed by atoms with Crippen molar-refractivity contribution in [3.8, 4) is 0 Å². The average molecular weight is 223 g/mol. The summed E-state index contributed by atoms with van der Waals surface area (Å²) in [6, 6.07) is 0.374. The maximum Gasteiger partial charge on any atom is 0.0755 e. The monoisotopic (exact) mass is 223 g/mol. The van der Waals surface area contributed by atoms with Crippen LogP contribution < -0.4 is 5.32 Å². The van der Waals surface area contributed by atoms with E-state index in [1.807, 2.05) is 19.2 Å². The Labute approximate surface area is 100 Å². The third kappa shape index (κ3) is 7.43. The average Bonchev–Trinajstić information content (AvgIpc) is 2.32. The van der Waals surface area contributed by atoms with Crippen LogP contribution in [0.2, 0.25) is 0 Å². The first-order valence-corrected chi connectivity index (χ1v) is 5.94. The molecule has 2 nitrogen and oxygen atoms in total. The fraction of sp³-hybridized carbons (Fsp3) is 0.571. The maximum atomic E-state index is 5.40. The highest BCUT2D eigenvalue weighted by Crippen LogP contribution is 2.04. The lowest BCUT2D eigenvalue weighted by Crippen LogP contribution is -2.35. The Morgan fingerprint density at radius 1 is 1.12 bits per heavy atom. The molecular formula is C14H25NO. The maximum absolute atomic E-state index is 5.40. The van der Waals surface area contributed by atoms with Crippen molar-refractivity contribution in [1.82, 2.24) is 5.32 Å². The molecule has 16 heavy (non-hydrogen) atoms. The molecule has 0 aliphatic heterocycles. The van der Waals surface area contributed by atoms with Gasteiger partial charge in [-0.1, -0.05) is 43.4 Å². The van der Waals surface area contributed by atoms with E-state index < -0.39 is 0 Å². The van der Waals surface area contributed by atoms with E-state index in [9.17, 15) is 0 Å². The van der Waals surface area contributed by atoms with Crippen molar-refractivity contribution < 1.29 is 4.74 Å². The second-order valence-corrected chi connectivity index (χ2v) is 3.74. The van der Waals surface area contributed by atoms with Crippen LogP contribution in [0.4, 0.5) is 0 Å². The predicted octanol–water partition coefficient (Wildman–Crippen LogP) is 3.08. The van der Waals surface area contributed by atoms with Crippen molar-refractivity contribution in [3.05, 3.63) is 36.5 Å². The summed E-state index contributed by atoms with van der Waals surface area (Å²) in [7, 11) is 3.71. The van der Waals surface area contributed by atoms with Gasteiger partial charge in [-0.2, -0.15) is 0 Å². The van der Waals surface area contributed by atoms with E-state index >= 15 is 0 Å². The topological polar surface area (TPSA) is 21.3 Å². The summed E-state index contributed by atoms with van der Waals surface area (Å²) >= 11 is 0. The summed E-state index contributed by atoms with van der Waals surface area (Å²) in [6.45, 7) is 4.25. The van der Waals surface area contributed by atoms with Gasteiger partial charge in [-0.05, 0) is 26.8 Å². The summed E-state index contributed by atoms with van der Waals surface area (Å²) < 4.78 is 5.40. The van der Waals surface area contributed by atoms with E-state index in [4.69, 9.17) is 4.74 Å². The number of nitrogens with one attached hydrogen (secondary N) is 1. The third-order valence-electron chi connectivity index (χ3n) is 2.53. The second-order valence-electron chi connectivity index (χ2n) is 3.74. The zero-order valence-electron chi connectivity index (χ0n) is 10.9. The third-order valence-corrected chi connectivity index (χ3v) is 2.53. The smallest absolute Gasteiger partial charge is 0.0755 e. The minimum Gasteiger partial charge on any atom is -0.380 e. The summed E-state index contributed by atoms with van der Waals surface area (Å²) in [5.41, 5.74) is 0. The molecule has 92 valence electrons. The van der Waals surface area contributed by atoms with Gasteiger partial charge in [-0.15, -0.1) is 0 Å². The van der Waals surface area contributed by atoms with Gasteiger partial charge in [-0.3, -0.25) is 0 Å². The lowest BCUT2D eigenvalue weighted by molar-refractivity contribution is 0.0787. The summed E-state index contributed by atoms with van der Waals surface area (Å²) in [6.07, 6.45) is 14.7. The largest absolute Gasteiger partial charge is 0.380 e. The van der Waals surface area contributed by atoms with Crippen LogP contribution >= 0.6 is 0 Å². The standard InChI is InChI=1S/C14H25NO/c1-5-6-7-8-9-10-11-12-14(16-4)13(2)15-3/h6-11,13-15H,5,12H2,1-4H3/b7-6-,9-8-,11-10-/t13-,14-/m0/s1. The molecule has 2 heteroatoms. The molecule has 0 spiro atoms. The Balaban J connectivity index is 3.88. The van der Waals surface area contributed by atoms with Crippen LogP contribution in [-0.4, -0.2) is 26.3 Å². The predicted molar refractivity (Wildman–Crippen MR) is 71.6 cm³/mol. The van der Waals surface area contributed by atoms with Crippen molar-refractivity contribution >= 4 is 0 Å². The zero-order valence-corrected chi connectivity index (χ0v) is 10.9. The first kappa shape index (κ1) is 15.1. The quantitative estimate of drug-likeness (QED) is 0.639. The van der Waals surface area contributed by atoms with E-state index in [1.165, 1.54) is 0 Å². The number of hydrogen-bond acceptors (Lipinski definition) is 2. The van der Waals surface area contributed by atoms with Crippen molar-refractivity contribution in [2.45, 2.75) is 38.8 Å². The minimum atomic E-state index is 0.237. The molecule has 1 N–H and O–H groups in total. The van der Waals surface area contributed by atoms with E-state index in [2.05, 4.69) is 43.5 Å². The lowest BCUT2D eigenvalue weighted by atomic mass is 10.1. The van der Waals surface area contributed by atoms with Gasteiger partial charge in [0.15, 0.2) is 0 Å². The number of allylic oxidation sites excluding steroid dienone is 5. The first-order chi connectivity index (χ1) is 7.76. The number of methoxy groups -OCH3 is 1. The van der Waals surface area contributed by atoms with Gasteiger partial charge in [0.05, 0.1) is 6.10 Å². The number of rotatable bonds is 8. The van der Waals surface area contributed by atoms with Crippen molar-refractivity contribution in [3.63, 3.8) is 0 Å². The molecule has 0 unspecified atom stereocenters. The van der Waals surface area contributed by atoms with E-state index in [1.54, 1.807) is 7.11 Å². The van der Waals surface area contributed by atoms with Gasteiger partial charge < -0.3 is 10.1 Å². The molecule has 0 rings (SSSR count). The molecular weight excluding hydrogens is 198 g/mol. The molecule has 0 aromatic carbocycles. The molecule has 0 fully saturated rings. The number of ether oxygens (including phenoxy) is 1. The van der Waals surface area contributed by atoms with Crippen LogP contribution in [0, 0.1) is 0 Å². The molecule has 0 saturated heterocycles. The first-order valence-electron chi connectivity index (χ1n) is 5.94. The van der Waals surface area contributed by atoms with Crippen LogP contribution in [0.3, 0.4) is 0 Å². The molecule has 0 aromatic heterocycles. The van der Waals surface area contributed by atoms with Crippen LogP contribution in [0.25, 0.3) is 0 Å². The highest BCUT2D eigenvalue weighted by molar-refractivity contribution is 5.11. The molecule has 0 amide bonds. The molecule has 0 aromatic rings. The van der Waals surface area contributed by atoms with Crippen LogP contribution in [-0.2, 0) is 4.74 Å². The SMILES string of the molecule is CC\C=C/C=C\C=C/C[C@H](OC)[C@H](C)NC. The van der Waals surface area contributed by atoms with Crippen LogP contribution in [0.15, 0.2) is 36.5 Å². The van der Waals surface area contributed by atoms with Gasteiger partial charge in [0, 0.05) is 13.2 Å². The molecule has 2 atom stereocenters. The fourth-order valence-electron chi connectivity index (χ4n) is 1.32. The van der Waals surface area contributed by atoms with E-state index in [0.29, 0.717) is 6.04 Å². The Morgan fingerprint density at radius 2 is 1.75 bits per heavy atom. The highest BCUT2D eigenvalue weighted by atomic mass is 16.5. The van der Waals surface area contributed by atoms with Crippen molar-refractivity contribution in [1.29, 1.82) is 0 Å². The Hall–Kier alpha value is -0.860. The van der Waals surface area contributed by atoms with Gasteiger partial charge >= 0.3 is 0 Å². The van der Waals surface area contributed by atoms with Crippen molar-refractivity contribution in [2.75, 3.05) is 14.2 Å². The minimum absolute atomic E-state index is 0.237. The molecule has 0 saturated carbocycles. The van der Waals surface area contributed by atoms with E-state index in [0.717, 1.165) is 12.8 Å². The summed E-state index contributed by atoms with van der Waals surface area (Å²) in [5.74, 6) is 0. The Morgan fingerprint density at radius 3 is 2.25 bits per heavy atom. The van der Waals surface area contributed by atoms with Gasteiger partial charge in [0.2, 0.25) is 0 Å². The zero-order chi connectivity index (χ0) is 12.2. The molecule has 0 aliphatic rings. The van der Waals surface area contributed by atoms with Gasteiger partial charge in [0.1, 0.15) is 0 Å². The molecule has 0 heterocycles. The normalized spacial score (nSPS) is 16.5. The van der Waals surface area contributed by atoms with Crippen LogP contribution in [0.5, 0.6) is 0 Å². The van der Waals surface area contributed by atoms with Gasteiger partial charge in [0.25, 0.3) is 0 Å². The summed E-state index contributed by atoms with van der Waals surface area (Å²) in [4.78, 5) is 0. The lowest BCUT2D eigenvalue weighted by Gasteiger charge is -2.20. The fourth-order valence-corrected chi connectivity index (χ4v) is 1.32. The Bertz CT molecular complexity index is 231. The Kier molecular flexibility index (Phi) is 10.1. The van der Waals surface area contributed by atoms with Crippen LogP contribution in [0.1, 0.15) is 26.7 Å². The van der Waals surface area contributed by atoms with E-state index in [-0.39, 0.29) is 6.10 Å². The summed E-state index contributed by atoms with van der Waals surface area (Å²) in [5, 5.41) is 3.20. The molecule has 0 aliphatic carbocycles. The number of hydrogen-bond donors (Lipinski definition) is 1. The second kappa shape index (κ2) is 10.7. The van der Waals surface area contributed by atoms with Gasteiger partial charge in [-0.25, -0.2) is 0 Å². The molecule has 0 bridgehead atoms. The molecule has 0 radical (unpaired) electrons.